The minimum absolute atomic E-state index is 0.0573. The second kappa shape index (κ2) is 9.10. The van der Waals surface area contributed by atoms with E-state index in [9.17, 15) is 9.59 Å². The van der Waals surface area contributed by atoms with Crippen molar-refractivity contribution in [2.24, 2.45) is 17.1 Å². The van der Waals surface area contributed by atoms with Crippen molar-refractivity contribution in [3.63, 3.8) is 0 Å². The molecule has 6 heteroatoms. The third-order valence-electron chi connectivity index (χ3n) is 5.24. The van der Waals surface area contributed by atoms with E-state index >= 15 is 0 Å². The number of nitrogens with two attached hydrogens (primary N) is 1. The van der Waals surface area contributed by atoms with Crippen molar-refractivity contribution in [1.29, 1.82) is 5.26 Å². The number of anilines is 1. The minimum atomic E-state index is -0.250. The lowest BCUT2D eigenvalue weighted by atomic mass is 9.92. The molecule has 0 saturated heterocycles. The number of rotatable bonds is 8. The SMILES string of the molecule is CC(C)(CN)CN(Cc1cccc(NC(=O)C2CC2)c1)C(=O)c1ccc(C#N)cc1. The molecule has 30 heavy (non-hydrogen) atoms. The van der Waals surface area contributed by atoms with E-state index in [4.69, 9.17) is 11.0 Å². The molecule has 2 aromatic carbocycles. The van der Waals surface area contributed by atoms with Crippen LogP contribution in [0.15, 0.2) is 48.5 Å². The van der Waals surface area contributed by atoms with Gasteiger partial charge in [0.2, 0.25) is 5.91 Å². The number of nitrogens with zero attached hydrogens (tertiary/aromatic N) is 2. The zero-order valence-electron chi connectivity index (χ0n) is 17.5. The van der Waals surface area contributed by atoms with Gasteiger partial charge in [0.1, 0.15) is 0 Å². The van der Waals surface area contributed by atoms with Gasteiger partial charge in [0.15, 0.2) is 0 Å². The van der Waals surface area contributed by atoms with Crippen LogP contribution in [0.3, 0.4) is 0 Å². The number of amides is 2. The molecule has 0 heterocycles. The van der Waals surface area contributed by atoms with Gasteiger partial charge in [0, 0.05) is 30.3 Å². The maximum atomic E-state index is 13.2. The number of hydrogen-bond donors (Lipinski definition) is 2. The number of nitriles is 1. The molecule has 1 fully saturated rings. The first-order chi connectivity index (χ1) is 14.3. The zero-order chi connectivity index (χ0) is 21.7. The molecule has 6 nitrogen and oxygen atoms in total. The third-order valence-corrected chi connectivity index (χ3v) is 5.24. The van der Waals surface area contributed by atoms with Gasteiger partial charge in [0.25, 0.3) is 5.91 Å². The zero-order valence-corrected chi connectivity index (χ0v) is 17.5. The molecule has 0 spiro atoms. The molecule has 1 saturated carbocycles. The van der Waals surface area contributed by atoms with Crippen LogP contribution < -0.4 is 11.1 Å². The molecule has 0 aromatic heterocycles. The summed E-state index contributed by atoms with van der Waals surface area (Å²) in [6.45, 7) is 5.38. The van der Waals surface area contributed by atoms with Gasteiger partial charge in [-0.05, 0) is 66.8 Å². The van der Waals surface area contributed by atoms with Gasteiger partial charge in [-0.25, -0.2) is 0 Å². The normalized spacial score (nSPS) is 13.4. The summed E-state index contributed by atoms with van der Waals surface area (Å²) in [6, 6.07) is 16.3. The molecule has 2 amide bonds. The van der Waals surface area contributed by atoms with Crippen LogP contribution in [0.4, 0.5) is 5.69 Å². The Balaban J connectivity index is 1.80. The summed E-state index contributed by atoms with van der Waals surface area (Å²) in [6.07, 6.45) is 1.90. The Morgan fingerprint density at radius 1 is 1.20 bits per heavy atom. The van der Waals surface area contributed by atoms with Crippen LogP contribution in [0.25, 0.3) is 0 Å². The summed E-state index contributed by atoms with van der Waals surface area (Å²) >= 11 is 0. The molecule has 3 N–H and O–H groups in total. The first-order valence-electron chi connectivity index (χ1n) is 10.2. The Morgan fingerprint density at radius 2 is 1.90 bits per heavy atom. The molecule has 0 bridgehead atoms. The molecular formula is C24H28N4O2. The van der Waals surface area contributed by atoms with E-state index < -0.39 is 0 Å². The summed E-state index contributed by atoms with van der Waals surface area (Å²) in [7, 11) is 0. The Labute approximate surface area is 177 Å². The molecule has 156 valence electrons. The van der Waals surface area contributed by atoms with Crippen LogP contribution in [-0.4, -0.2) is 29.8 Å². The number of hydrogen-bond acceptors (Lipinski definition) is 4. The van der Waals surface area contributed by atoms with Gasteiger partial charge < -0.3 is 16.0 Å². The summed E-state index contributed by atoms with van der Waals surface area (Å²) in [4.78, 5) is 27.1. The second-order valence-corrected chi connectivity index (χ2v) is 8.68. The lowest BCUT2D eigenvalue weighted by Crippen LogP contribution is -2.41. The van der Waals surface area contributed by atoms with E-state index in [2.05, 4.69) is 11.4 Å². The quantitative estimate of drug-likeness (QED) is 0.703. The summed E-state index contributed by atoms with van der Waals surface area (Å²) in [5.74, 6) is 0.0730. The number of carbonyl (C=O) groups is 2. The van der Waals surface area contributed by atoms with Crippen molar-refractivity contribution in [2.75, 3.05) is 18.4 Å². The Hall–Kier alpha value is -3.17. The van der Waals surface area contributed by atoms with Crippen LogP contribution in [0, 0.1) is 22.7 Å². The number of nitrogens with one attached hydrogen (secondary N) is 1. The average molecular weight is 405 g/mol. The minimum Gasteiger partial charge on any atom is -0.334 e. The van der Waals surface area contributed by atoms with Gasteiger partial charge in [-0.3, -0.25) is 9.59 Å². The monoisotopic (exact) mass is 404 g/mol. The van der Waals surface area contributed by atoms with Gasteiger partial charge in [-0.15, -0.1) is 0 Å². The maximum absolute atomic E-state index is 13.2. The van der Waals surface area contributed by atoms with E-state index in [1.807, 2.05) is 38.1 Å². The smallest absolute Gasteiger partial charge is 0.254 e. The van der Waals surface area contributed by atoms with Crippen molar-refractivity contribution in [3.05, 3.63) is 65.2 Å². The van der Waals surface area contributed by atoms with Crippen LogP contribution in [0.5, 0.6) is 0 Å². The van der Waals surface area contributed by atoms with Crippen LogP contribution in [0.1, 0.15) is 48.2 Å². The highest BCUT2D eigenvalue weighted by Crippen LogP contribution is 2.30. The van der Waals surface area contributed by atoms with Crippen molar-refractivity contribution >= 4 is 17.5 Å². The Morgan fingerprint density at radius 3 is 2.50 bits per heavy atom. The Bertz CT molecular complexity index is 956. The van der Waals surface area contributed by atoms with Crippen molar-refractivity contribution < 1.29 is 9.59 Å². The van der Waals surface area contributed by atoms with Crippen molar-refractivity contribution in [3.8, 4) is 6.07 Å². The molecule has 0 aliphatic heterocycles. The second-order valence-electron chi connectivity index (χ2n) is 8.68. The van der Waals surface area contributed by atoms with Gasteiger partial charge in [-0.2, -0.15) is 5.26 Å². The van der Waals surface area contributed by atoms with E-state index in [1.165, 1.54) is 0 Å². The molecule has 0 unspecified atom stereocenters. The largest absolute Gasteiger partial charge is 0.334 e. The van der Waals surface area contributed by atoms with E-state index in [0.29, 0.717) is 30.8 Å². The van der Waals surface area contributed by atoms with Crippen molar-refractivity contribution in [2.45, 2.75) is 33.2 Å². The fraction of sp³-hybridized carbons (Fsp3) is 0.375. The lowest BCUT2D eigenvalue weighted by molar-refractivity contribution is -0.117. The highest BCUT2D eigenvalue weighted by atomic mass is 16.2. The highest BCUT2D eigenvalue weighted by molar-refractivity contribution is 5.95. The fourth-order valence-corrected chi connectivity index (χ4v) is 3.21. The van der Waals surface area contributed by atoms with Gasteiger partial charge in [0.05, 0.1) is 11.6 Å². The average Bonchev–Trinajstić information content (AvgIpc) is 3.58. The number of benzene rings is 2. The van der Waals surface area contributed by atoms with Crippen LogP contribution in [0.2, 0.25) is 0 Å². The van der Waals surface area contributed by atoms with E-state index in [0.717, 1.165) is 24.1 Å². The van der Waals surface area contributed by atoms with Gasteiger partial charge >= 0.3 is 0 Å². The molecule has 0 atom stereocenters. The predicted molar refractivity (Wildman–Crippen MR) is 117 cm³/mol. The van der Waals surface area contributed by atoms with E-state index in [1.54, 1.807) is 29.2 Å². The number of carbonyl (C=O) groups excluding carboxylic acids is 2. The third kappa shape index (κ3) is 5.68. The first-order valence-corrected chi connectivity index (χ1v) is 10.2. The van der Waals surface area contributed by atoms with Crippen LogP contribution in [-0.2, 0) is 11.3 Å². The maximum Gasteiger partial charge on any atom is 0.254 e. The topological polar surface area (TPSA) is 99.2 Å². The Kier molecular flexibility index (Phi) is 6.53. The highest BCUT2D eigenvalue weighted by Gasteiger charge is 2.29. The van der Waals surface area contributed by atoms with Crippen molar-refractivity contribution in [1.82, 2.24) is 4.90 Å². The van der Waals surface area contributed by atoms with E-state index in [-0.39, 0.29) is 23.1 Å². The first kappa shape index (κ1) is 21.5. The fourth-order valence-electron chi connectivity index (χ4n) is 3.21. The lowest BCUT2D eigenvalue weighted by Gasteiger charge is -2.32. The molecule has 1 aliphatic rings. The molecule has 2 aromatic rings. The molecule has 1 aliphatic carbocycles. The molecule has 3 rings (SSSR count). The molecule has 0 radical (unpaired) electrons. The summed E-state index contributed by atoms with van der Waals surface area (Å²) < 4.78 is 0. The molecular weight excluding hydrogens is 376 g/mol. The summed E-state index contributed by atoms with van der Waals surface area (Å²) in [5, 5.41) is 12.0. The van der Waals surface area contributed by atoms with Crippen LogP contribution >= 0.6 is 0 Å². The predicted octanol–water partition coefficient (Wildman–Crippen LogP) is 3.53. The van der Waals surface area contributed by atoms with Gasteiger partial charge in [-0.1, -0.05) is 26.0 Å². The standard InChI is InChI=1S/C24H28N4O2/c1-24(2,15-26)16-28(23(30)20-8-6-17(13-25)7-9-20)14-18-4-3-5-21(12-18)27-22(29)19-10-11-19/h3-9,12,19H,10-11,14-16,26H2,1-2H3,(H,27,29). The summed E-state index contributed by atoms with van der Waals surface area (Å²) in [5.41, 5.74) is 8.38.